The Morgan fingerprint density at radius 2 is 1.50 bits per heavy atom. The molecule has 30 heavy (non-hydrogen) atoms. The fraction of sp³-hybridized carbons (Fsp3) is 0.391. The minimum Gasteiger partial charge on any atom is -0.493 e. The van der Waals surface area contributed by atoms with Crippen LogP contribution in [0.5, 0.6) is 23.0 Å². The molecule has 1 aliphatic rings. The van der Waals surface area contributed by atoms with E-state index < -0.39 is 17.8 Å². The van der Waals surface area contributed by atoms with Crippen molar-refractivity contribution in [2.45, 2.75) is 19.3 Å². The largest absolute Gasteiger partial charge is 0.493 e. The van der Waals surface area contributed by atoms with Crippen molar-refractivity contribution in [2.75, 3.05) is 35.0 Å². The summed E-state index contributed by atoms with van der Waals surface area (Å²) in [5.74, 6) is 0.429. The molecule has 160 valence electrons. The zero-order chi connectivity index (χ0) is 21.8. The molecule has 0 radical (unpaired) electrons. The number of rotatable bonds is 7. The average molecular weight is 414 g/mol. The Morgan fingerprint density at radius 1 is 0.900 bits per heavy atom. The van der Waals surface area contributed by atoms with Gasteiger partial charge in [-0.1, -0.05) is 6.07 Å². The van der Waals surface area contributed by atoms with Crippen LogP contribution in [0, 0.1) is 5.92 Å². The number of methoxy groups -OCH3 is 4. The normalized spacial score (nSPS) is 17.7. The van der Waals surface area contributed by atoms with Gasteiger partial charge in [0.05, 0.1) is 41.0 Å². The first-order valence-corrected chi connectivity index (χ1v) is 9.66. The third-order valence-corrected chi connectivity index (χ3v) is 5.35. The van der Waals surface area contributed by atoms with Gasteiger partial charge in [0, 0.05) is 17.9 Å². The van der Waals surface area contributed by atoms with Crippen LogP contribution in [0.2, 0.25) is 0 Å². The highest BCUT2D eigenvalue weighted by atomic mass is 16.5. The van der Waals surface area contributed by atoms with Gasteiger partial charge in [-0.2, -0.15) is 0 Å². The maximum atomic E-state index is 12.9. The molecule has 2 aromatic carbocycles. The van der Waals surface area contributed by atoms with Crippen molar-refractivity contribution in [3.05, 3.63) is 47.0 Å². The summed E-state index contributed by atoms with van der Waals surface area (Å²) in [6, 6.07) is 8.91. The lowest BCUT2D eigenvalue weighted by Gasteiger charge is -2.32. The number of ketones is 1. The Kier molecular flexibility index (Phi) is 6.50. The molecular formula is C23H26O7. The lowest BCUT2D eigenvalue weighted by Crippen LogP contribution is -2.33. The number of benzene rings is 2. The summed E-state index contributed by atoms with van der Waals surface area (Å²) in [5.41, 5.74) is 2.01. The minimum atomic E-state index is -0.666. The first kappa shape index (κ1) is 21.5. The van der Waals surface area contributed by atoms with Crippen LogP contribution in [0.3, 0.4) is 0 Å². The summed E-state index contributed by atoms with van der Waals surface area (Å²) >= 11 is 0. The molecule has 0 saturated carbocycles. The topological polar surface area (TPSA) is 80.3 Å². The van der Waals surface area contributed by atoms with Crippen LogP contribution in [-0.4, -0.2) is 46.8 Å². The van der Waals surface area contributed by atoms with Gasteiger partial charge in [0.1, 0.15) is 0 Å². The predicted octanol–water partition coefficient (Wildman–Crippen LogP) is 3.62. The van der Waals surface area contributed by atoms with Crippen molar-refractivity contribution >= 4 is 11.8 Å². The third-order valence-electron chi connectivity index (χ3n) is 5.35. The summed E-state index contributed by atoms with van der Waals surface area (Å²) < 4.78 is 26.9. The summed E-state index contributed by atoms with van der Waals surface area (Å²) in [7, 11) is 6.16. The molecule has 3 rings (SSSR count). The summed E-state index contributed by atoms with van der Waals surface area (Å²) in [5, 5.41) is 0. The van der Waals surface area contributed by atoms with Gasteiger partial charge in [-0.05, 0) is 42.3 Å². The highest BCUT2D eigenvalue weighted by Gasteiger charge is 2.41. The van der Waals surface area contributed by atoms with E-state index in [-0.39, 0.29) is 18.8 Å². The summed E-state index contributed by atoms with van der Waals surface area (Å²) in [4.78, 5) is 25.7. The fourth-order valence-electron chi connectivity index (χ4n) is 3.96. The molecule has 7 heteroatoms. The average Bonchev–Trinajstić information content (AvgIpc) is 2.77. The smallest absolute Gasteiger partial charge is 0.310 e. The molecule has 0 heterocycles. The molecule has 7 nitrogen and oxygen atoms in total. The maximum absolute atomic E-state index is 12.9. The molecule has 0 aromatic heterocycles. The number of Topliss-reactive ketones (excluding diaryl/α,β-unsaturated/α-hetero) is 1. The van der Waals surface area contributed by atoms with E-state index in [9.17, 15) is 9.59 Å². The second-order valence-corrected chi connectivity index (χ2v) is 6.87. The molecule has 0 N–H and O–H groups in total. The SMILES string of the molecule is CCOC(=O)C1CC(=O)c2cc(OC)c(OC)cc2C1c1ccc(OC)c(OC)c1. The van der Waals surface area contributed by atoms with Gasteiger partial charge in [0.15, 0.2) is 28.8 Å². The molecule has 1 aliphatic carbocycles. The van der Waals surface area contributed by atoms with Crippen molar-refractivity contribution in [1.82, 2.24) is 0 Å². The van der Waals surface area contributed by atoms with Crippen LogP contribution in [0.25, 0.3) is 0 Å². The van der Waals surface area contributed by atoms with E-state index in [4.69, 9.17) is 23.7 Å². The van der Waals surface area contributed by atoms with Crippen molar-refractivity contribution in [1.29, 1.82) is 0 Å². The van der Waals surface area contributed by atoms with E-state index >= 15 is 0 Å². The van der Waals surface area contributed by atoms with E-state index in [1.165, 1.54) is 14.2 Å². The molecule has 2 unspecified atom stereocenters. The molecule has 0 aliphatic heterocycles. The molecule has 2 aromatic rings. The second-order valence-electron chi connectivity index (χ2n) is 6.87. The number of hydrogen-bond acceptors (Lipinski definition) is 7. The van der Waals surface area contributed by atoms with Crippen LogP contribution < -0.4 is 18.9 Å². The van der Waals surface area contributed by atoms with Gasteiger partial charge in [-0.15, -0.1) is 0 Å². The lowest BCUT2D eigenvalue weighted by atomic mass is 9.71. The van der Waals surface area contributed by atoms with Crippen molar-refractivity contribution < 1.29 is 33.3 Å². The highest BCUT2D eigenvalue weighted by Crippen LogP contribution is 2.46. The zero-order valence-electron chi connectivity index (χ0n) is 17.8. The molecule has 2 atom stereocenters. The second kappa shape index (κ2) is 9.07. The van der Waals surface area contributed by atoms with Gasteiger partial charge < -0.3 is 23.7 Å². The number of carbonyl (C=O) groups is 2. The quantitative estimate of drug-likeness (QED) is 0.640. The predicted molar refractivity (Wildman–Crippen MR) is 110 cm³/mol. The number of ether oxygens (including phenoxy) is 5. The van der Waals surface area contributed by atoms with Crippen LogP contribution in [0.4, 0.5) is 0 Å². The highest BCUT2D eigenvalue weighted by molar-refractivity contribution is 6.02. The van der Waals surface area contributed by atoms with Gasteiger partial charge in [0.25, 0.3) is 0 Å². The van der Waals surface area contributed by atoms with Crippen molar-refractivity contribution in [3.63, 3.8) is 0 Å². The summed E-state index contributed by atoms with van der Waals surface area (Å²) in [6.45, 7) is 1.98. The van der Waals surface area contributed by atoms with Gasteiger partial charge in [0.2, 0.25) is 0 Å². The minimum absolute atomic E-state index is 0.0420. The van der Waals surface area contributed by atoms with Gasteiger partial charge in [-0.25, -0.2) is 0 Å². The Morgan fingerprint density at radius 3 is 2.10 bits per heavy atom. The first-order valence-electron chi connectivity index (χ1n) is 9.66. The number of fused-ring (bicyclic) bond motifs is 1. The standard InChI is InChI=1S/C23H26O7/c1-6-30-23(25)16-10-17(24)14-11-20(28-4)21(29-5)12-15(14)22(16)13-7-8-18(26-2)19(9-13)27-3/h7-9,11-12,16,22H,6,10H2,1-5H3. The first-order chi connectivity index (χ1) is 14.5. The molecule has 0 amide bonds. The Hall–Kier alpha value is -3.22. The van der Waals surface area contributed by atoms with Crippen LogP contribution in [0.1, 0.15) is 40.7 Å². The number of carbonyl (C=O) groups excluding carboxylic acids is 2. The van der Waals surface area contributed by atoms with E-state index in [1.807, 2.05) is 12.1 Å². The lowest BCUT2D eigenvalue weighted by molar-refractivity contribution is -0.148. The maximum Gasteiger partial charge on any atom is 0.310 e. The van der Waals surface area contributed by atoms with E-state index in [1.54, 1.807) is 39.3 Å². The molecule has 0 bridgehead atoms. The van der Waals surface area contributed by atoms with Crippen LogP contribution in [0.15, 0.2) is 30.3 Å². The Labute approximate surface area is 175 Å². The monoisotopic (exact) mass is 414 g/mol. The van der Waals surface area contributed by atoms with Crippen molar-refractivity contribution in [3.8, 4) is 23.0 Å². The molecule has 0 fully saturated rings. The third kappa shape index (κ3) is 3.79. The van der Waals surface area contributed by atoms with E-state index in [2.05, 4.69) is 0 Å². The number of esters is 1. The zero-order valence-corrected chi connectivity index (χ0v) is 17.8. The summed E-state index contributed by atoms with van der Waals surface area (Å²) in [6.07, 6.45) is 0.0420. The van der Waals surface area contributed by atoms with Gasteiger partial charge in [-0.3, -0.25) is 9.59 Å². The molecular weight excluding hydrogens is 388 g/mol. The number of hydrogen-bond donors (Lipinski definition) is 0. The van der Waals surface area contributed by atoms with Crippen molar-refractivity contribution in [2.24, 2.45) is 5.92 Å². The fourth-order valence-corrected chi connectivity index (χ4v) is 3.96. The molecule has 0 spiro atoms. The Bertz CT molecular complexity index is 951. The van der Waals surface area contributed by atoms with E-state index in [0.717, 1.165) is 5.56 Å². The van der Waals surface area contributed by atoms with E-state index in [0.29, 0.717) is 34.1 Å². The van der Waals surface area contributed by atoms with Crippen LogP contribution in [-0.2, 0) is 9.53 Å². The Balaban J connectivity index is 2.23. The van der Waals surface area contributed by atoms with Gasteiger partial charge >= 0.3 is 5.97 Å². The molecule has 0 saturated heterocycles. The van der Waals surface area contributed by atoms with Crippen LogP contribution >= 0.6 is 0 Å².